The van der Waals surface area contributed by atoms with Gasteiger partial charge in [-0.25, -0.2) is 9.97 Å². The van der Waals surface area contributed by atoms with Gasteiger partial charge >= 0.3 is 0 Å². The molecule has 1 heterocycles. The summed E-state index contributed by atoms with van der Waals surface area (Å²) in [6.07, 6.45) is 6.36. The Morgan fingerprint density at radius 2 is 0.942 bits per heavy atom. The monoisotopic (exact) mass is 666 g/mol. The SMILES string of the molecule is c1ccc(-c2cc(-c3ccccc3-c3ccc(-c4cccc5c4-c4cc6ccccc6cc4C54CCCCC4)cc3)nc(-c3ccccc3)n2)cc1. The predicted molar refractivity (Wildman–Crippen MR) is 216 cm³/mol. The van der Waals surface area contributed by atoms with Crippen LogP contribution in [0.2, 0.25) is 0 Å². The molecule has 1 spiro atoms. The van der Waals surface area contributed by atoms with E-state index in [0.717, 1.165) is 39.5 Å². The minimum Gasteiger partial charge on any atom is -0.228 e. The maximum atomic E-state index is 5.16. The molecule has 2 aliphatic rings. The highest BCUT2D eigenvalue weighted by atomic mass is 14.9. The number of nitrogens with zero attached hydrogens (tertiary/aromatic N) is 2. The van der Waals surface area contributed by atoms with E-state index in [4.69, 9.17) is 9.97 Å². The zero-order valence-electron chi connectivity index (χ0n) is 29.1. The number of aromatic nitrogens is 2. The third-order valence-corrected chi connectivity index (χ3v) is 11.5. The number of fused-ring (bicyclic) bond motifs is 6. The second-order valence-corrected chi connectivity index (χ2v) is 14.4. The summed E-state index contributed by atoms with van der Waals surface area (Å²) < 4.78 is 0. The molecule has 0 aliphatic heterocycles. The molecule has 248 valence electrons. The quantitative estimate of drug-likeness (QED) is 0.183. The summed E-state index contributed by atoms with van der Waals surface area (Å²) in [6.45, 7) is 0. The Bertz CT molecular complexity index is 2520. The molecule has 0 bridgehead atoms. The van der Waals surface area contributed by atoms with Crippen LogP contribution in [0.1, 0.15) is 43.2 Å². The van der Waals surface area contributed by atoms with E-state index in [-0.39, 0.29) is 5.41 Å². The van der Waals surface area contributed by atoms with E-state index in [1.165, 1.54) is 81.8 Å². The number of hydrogen-bond acceptors (Lipinski definition) is 2. The summed E-state index contributed by atoms with van der Waals surface area (Å²) in [5, 5.41) is 2.66. The first kappa shape index (κ1) is 30.7. The second kappa shape index (κ2) is 12.6. The third-order valence-electron chi connectivity index (χ3n) is 11.5. The van der Waals surface area contributed by atoms with Crippen LogP contribution in [0.3, 0.4) is 0 Å². The Hall–Kier alpha value is -6.12. The van der Waals surface area contributed by atoms with Crippen molar-refractivity contribution in [2.24, 2.45) is 0 Å². The largest absolute Gasteiger partial charge is 0.228 e. The molecule has 2 heteroatoms. The highest BCUT2D eigenvalue weighted by Crippen LogP contribution is 2.58. The van der Waals surface area contributed by atoms with E-state index in [1.807, 2.05) is 24.3 Å². The maximum Gasteiger partial charge on any atom is 0.160 e. The predicted octanol–water partition coefficient (Wildman–Crippen LogP) is 13.2. The van der Waals surface area contributed by atoms with Crippen LogP contribution >= 0.6 is 0 Å². The van der Waals surface area contributed by atoms with Crippen molar-refractivity contribution in [2.75, 3.05) is 0 Å². The fraction of sp³-hybridized carbons (Fsp3) is 0.120. The summed E-state index contributed by atoms with van der Waals surface area (Å²) >= 11 is 0. The van der Waals surface area contributed by atoms with E-state index in [9.17, 15) is 0 Å². The molecule has 10 rings (SSSR count). The van der Waals surface area contributed by atoms with Gasteiger partial charge in [-0.1, -0.05) is 171 Å². The van der Waals surface area contributed by atoms with Crippen molar-refractivity contribution in [3.63, 3.8) is 0 Å². The lowest BCUT2D eigenvalue weighted by molar-refractivity contribution is 0.353. The molecule has 0 atom stereocenters. The van der Waals surface area contributed by atoms with Gasteiger partial charge in [0.25, 0.3) is 0 Å². The Balaban J connectivity index is 1.08. The molecule has 1 fully saturated rings. The normalized spacial score (nSPS) is 14.3. The summed E-state index contributed by atoms with van der Waals surface area (Å²) in [5.41, 5.74) is 15.9. The second-order valence-electron chi connectivity index (χ2n) is 14.4. The van der Waals surface area contributed by atoms with Crippen LogP contribution in [0.15, 0.2) is 170 Å². The third kappa shape index (κ3) is 5.09. The van der Waals surface area contributed by atoms with Gasteiger partial charge in [0.15, 0.2) is 5.82 Å². The Kier molecular flexibility index (Phi) is 7.42. The first-order valence-electron chi connectivity index (χ1n) is 18.6. The summed E-state index contributed by atoms with van der Waals surface area (Å²) in [6, 6.07) is 61.6. The molecule has 2 nitrogen and oxygen atoms in total. The summed E-state index contributed by atoms with van der Waals surface area (Å²) in [4.78, 5) is 10.2. The zero-order chi connectivity index (χ0) is 34.5. The first-order valence-corrected chi connectivity index (χ1v) is 18.6. The average molecular weight is 667 g/mol. The van der Waals surface area contributed by atoms with Crippen LogP contribution < -0.4 is 0 Å². The number of hydrogen-bond donors (Lipinski definition) is 0. The van der Waals surface area contributed by atoms with E-state index in [0.29, 0.717) is 0 Å². The van der Waals surface area contributed by atoms with E-state index in [1.54, 1.807) is 0 Å². The smallest absolute Gasteiger partial charge is 0.160 e. The van der Waals surface area contributed by atoms with E-state index < -0.39 is 0 Å². The molecule has 7 aromatic carbocycles. The van der Waals surface area contributed by atoms with Crippen LogP contribution in [0.4, 0.5) is 0 Å². The van der Waals surface area contributed by atoms with Crippen LogP contribution in [-0.2, 0) is 5.41 Å². The fourth-order valence-corrected chi connectivity index (χ4v) is 9.01. The highest BCUT2D eigenvalue weighted by molar-refractivity contribution is 5.99. The van der Waals surface area contributed by atoms with Gasteiger partial charge in [-0.3, -0.25) is 0 Å². The standard InChI is InChI=1S/C50H38N2/c1-4-15-36(16-5-1)46-33-47(52-49(51-46)37-17-6-2-7-18-37)42-22-11-10-21-40(42)34-25-27-35(28-26-34)41-23-14-24-44-48(41)43-31-38-19-8-9-20-39(38)32-45(43)50(44)29-12-3-13-30-50/h1-2,4-11,14-28,31-33H,3,12-13,29-30H2. The van der Waals surface area contributed by atoms with Crippen molar-refractivity contribution >= 4 is 10.8 Å². The van der Waals surface area contributed by atoms with Gasteiger partial charge in [0.05, 0.1) is 11.4 Å². The molecule has 0 radical (unpaired) electrons. The van der Waals surface area contributed by atoms with Crippen LogP contribution in [0.25, 0.3) is 78.1 Å². The molecule has 2 aliphatic carbocycles. The molecule has 0 N–H and O–H groups in total. The molecule has 0 amide bonds. The van der Waals surface area contributed by atoms with Crippen LogP contribution in [0.5, 0.6) is 0 Å². The maximum absolute atomic E-state index is 5.16. The molecule has 0 unspecified atom stereocenters. The molecular formula is C50H38N2. The zero-order valence-corrected chi connectivity index (χ0v) is 29.1. The lowest BCUT2D eigenvalue weighted by Crippen LogP contribution is -2.28. The van der Waals surface area contributed by atoms with Crippen molar-refractivity contribution in [3.05, 3.63) is 181 Å². The summed E-state index contributed by atoms with van der Waals surface area (Å²) in [5.74, 6) is 0.726. The molecule has 1 saturated carbocycles. The van der Waals surface area contributed by atoms with Crippen molar-refractivity contribution in [2.45, 2.75) is 37.5 Å². The Morgan fingerprint density at radius 3 is 1.67 bits per heavy atom. The number of benzene rings is 7. The van der Waals surface area contributed by atoms with Gasteiger partial charge in [-0.15, -0.1) is 0 Å². The van der Waals surface area contributed by atoms with Crippen molar-refractivity contribution in [1.29, 1.82) is 0 Å². The Labute approximate surface area is 305 Å². The lowest BCUT2D eigenvalue weighted by atomic mass is 9.67. The minimum absolute atomic E-state index is 0.108. The minimum atomic E-state index is 0.108. The molecular weight excluding hydrogens is 629 g/mol. The van der Waals surface area contributed by atoms with Gasteiger partial charge < -0.3 is 0 Å². The van der Waals surface area contributed by atoms with Gasteiger partial charge in [-0.2, -0.15) is 0 Å². The van der Waals surface area contributed by atoms with Gasteiger partial charge in [0, 0.05) is 22.1 Å². The van der Waals surface area contributed by atoms with Crippen LogP contribution in [0, 0.1) is 0 Å². The average Bonchev–Trinajstić information content (AvgIpc) is 3.48. The Morgan fingerprint density at radius 1 is 0.365 bits per heavy atom. The topological polar surface area (TPSA) is 25.8 Å². The van der Waals surface area contributed by atoms with Gasteiger partial charge in [-0.05, 0) is 86.3 Å². The van der Waals surface area contributed by atoms with Crippen molar-refractivity contribution in [3.8, 4) is 67.3 Å². The van der Waals surface area contributed by atoms with Crippen LogP contribution in [-0.4, -0.2) is 9.97 Å². The molecule has 1 aromatic heterocycles. The lowest BCUT2D eigenvalue weighted by Gasteiger charge is -2.36. The first-order chi connectivity index (χ1) is 25.7. The fourth-order valence-electron chi connectivity index (χ4n) is 9.01. The van der Waals surface area contributed by atoms with Crippen molar-refractivity contribution < 1.29 is 0 Å². The van der Waals surface area contributed by atoms with Crippen molar-refractivity contribution in [1.82, 2.24) is 9.97 Å². The highest BCUT2D eigenvalue weighted by Gasteiger charge is 2.44. The van der Waals surface area contributed by atoms with E-state index in [2.05, 4.69) is 146 Å². The van der Waals surface area contributed by atoms with Gasteiger partial charge in [0.2, 0.25) is 0 Å². The molecule has 0 saturated heterocycles. The van der Waals surface area contributed by atoms with Gasteiger partial charge in [0.1, 0.15) is 0 Å². The molecule has 8 aromatic rings. The summed E-state index contributed by atoms with van der Waals surface area (Å²) in [7, 11) is 0. The molecule has 52 heavy (non-hydrogen) atoms. The number of rotatable bonds is 5. The van der Waals surface area contributed by atoms with E-state index >= 15 is 0 Å².